The molecule has 1 saturated heterocycles. The molecule has 3 aliphatic rings. The number of hydrogen-bond acceptors (Lipinski definition) is 4. The molecule has 2 heterocycles. The molecule has 6 heteroatoms. The van der Waals surface area contributed by atoms with E-state index in [1.807, 2.05) is 28.0 Å². The van der Waals surface area contributed by atoms with Crippen LogP contribution in [0.15, 0.2) is 18.2 Å². The van der Waals surface area contributed by atoms with Crippen LogP contribution in [0.3, 0.4) is 0 Å². The van der Waals surface area contributed by atoms with Gasteiger partial charge >= 0.3 is 0 Å². The van der Waals surface area contributed by atoms with Gasteiger partial charge in [-0.25, -0.2) is 0 Å². The lowest BCUT2D eigenvalue weighted by Crippen LogP contribution is -2.45. The van der Waals surface area contributed by atoms with Crippen LogP contribution in [0.2, 0.25) is 0 Å². The van der Waals surface area contributed by atoms with Crippen molar-refractivity contribution >= 4 is 11.8 Å². The Balaban J connectivity index is 1.39. The zero-order valence-corrected chi connectivity index (χ0v) is 15.0. The quantitative estimate of drug-likeness (QED) is 0.890. The highest BCUT2D eigenvalue weighted by molar-refractivity contribution is 5.82. The fourth-order valence-corrected chi connectivity index (χ4v) is 3.93. The molecule has 26 heavy (non-hydrogen) atoms. The Morgan fingerprint density at radius 1 is 1.00 bits per heavy atom. The molecule has 0 unspecified atom stereocenters. The van der Waals surface area contributed by atoms with Gasteiger partial charge in [-0.05, 0) is 43.4 Å². The number of hydrogen-bond donors (Lipinski definition) is 1. The van der Waals surface area contributed by atoms with Gasteiger partial charge in [0.25, 0.3) is 0 Å². The molecule has 0 radical (unpaired) electrons. The highest BCUT2D eigenvalue weighted by atomic mass is 16.5. The molecule has 0 atom stereocenters. The molecule has 1 aliphatic carbocycles. The van der Waals surface area contributed by atoms with Gasteiger partial charge < -0.3 is 19.6 Å². The number of piperidine rings is 1. The van der Waals surface area contributed by atoms with E-state index in [4.69, 9.17) is 4.74 Å². The van der Waals surface area contributed by atoms with Gasteiger partial charge in [0, 0.05) is 37.0 Å². The van der Waals surface area contributed by atoms with Crippen molar-refractivity contribution in [1.82, 2.24) is 9.80 Å². The third kappa shape index (κ3) is 3.56. The van der Waals surface area contributed by atoms with Crippen molar-refractivity contribution in [2.24, 2.45) is 11.8 Å². The zero-order chi connectivity index (χ0) is 18.1. The summed E-state index contributed by atoms with van der Waals surface area (Å²) in [6.45, 7) is 2.94. The van der Waals surface area contributed by atoms with E-state index in [9.17, 15) is 14.7 Å². The average Bonchev–Trinajstić information content (AvgIpc) is 3.53. The third-order valence-electron chi connectivity index (χ3n) is 5.68. The lowest BCUT2D eigenvalue weighted by atomic mass is 9.94. The van der Waals surface area contributed by atoms with Crippen molar-refractivity contribution in [1.29, 1.82) is 0 Å². The molecule has 1 aromatic rings. The van der Waals surface area contributed by atoms with Gasteiger partial charge in [-0.2, -0.15) is 0 Å². The SMILES string of the molecule is O=C(C1CC1)N1CCC(C(=O)N2CCOc3ccc(CO)cc3C2)CC1. The highest BCUT2D eigenvalue weighted by Gasteiger charge is 2.37. The minimum absolute atomic E-state index is 0.0131. The largest absolute Gasteiger partial charge is 0.491 e. The maximum absolute atomic E-state index is 13.0. The molecule has 2 aliphatic heterocycles. The van der Waals surface area contributed by atoms with Gasteiger partial charge in [0.05, 0.1) is 13.2 Å². The number of fused-ring (bicyclic) bond motifs is 1. The van der Waals surface area contributed by atoms with Crippen LogP contribution in [0.1, 0.15) is 36.8 Å². The Morgan fingerprint density at radius 3 is 2.38 bits per heavy atom. The number of likely N-dealkylation sites (tertiary alicyclic amines) is 1. The summed E-state index contributed by atoms with van der Waals surface area (Å²) in [6, 6.07) is 5.64. The molecule has 140 valence electrons. The average molecular weight is 358 g/mol. The summed E-state index contributed by atoms with van der Waals surface area (Å²) in [5.41, 5.74) is 1.78. The van der Waals surface area contributed by atoms with Gasteiger partial charge in [-0.1, -0.05) is 6.07 Å². The summed E-state index contributed by atoms with van der Waals surface area (Å²) in [5.74, 6) is 1.48. The van der Waals surface area contributed by atoms with Crippen molar-refractivity contribution in [2.75, 3.05) is 26.2 Å². The molecule has 4 rings (SSSR count). The fourth-order valence-electron chi connectivity index (χ4n) is 3.93. The Bertz CT molecular complexity index is 693. The van der Waals surface area contributed by atoms with Gasteiger partial charge in [0.2, 0.25) is 11.8 Å². The summed E-state index contributed by atoms with van der Waals surface area (Å²) in [7, 11) is 0. The van der Waals surface area contributed by atoms with Gasteiger partial charge in [0.1, 0.15) is 12.4 Å². The monoisotopic (exact) mass is 358 g/mol. The first-order valence-corrected chi connectivity index (χ1v) is 9.58. The second-order valence-corrected chi connectivity index (χ2v) is 7.58. The highest BCUT2D eigenvalue weighted by Crippen LogP contribution is 2.33. The lowest BCUT2D eigenvalue weighted by Gasteiger charge is -2.34. The maximum atomic E-state index is 13.0. The predicted octanol–water partition coefficient (Wildman–Crippen LogP) is 1.55. The topological polar surface area (TPSA) is 70.1 Å². The van der Waals surface area contributed by atoms with Crippen LogP contribution >= 0.6 is 0 Å². The molecule has 1 N–H and O–H groups in total. The second kappa shape index (κ2) is 7.27. The van der Waals surface area contributed by atoms with E-state index in [1.165, 1.54) is 0 Å². The van der Waals surface area contributed by atoms with E-state index < -0.39 is 0 Å². The van der Waals surface area contributed by atoms with E-state index in [-0.39, 0.29) is 30.3 Å². The molecule has 2 fully saturated rings. The van der Waals surface area contributed by atoms with Crippen molar-refractivity contribution in [3.8, 4) is 5.75 Å². The van der Waals surface area contributed by atoms with E-state index in [2.05, 4.69) is 0 Å². The Morgan fingerprint density at radius 2 is 1.69 bits per heavy atom. The molecular formula is C20H26N2O4. The number of carbonyl (C=O) groups excluding carboxylic acids is 2. The summed E-state index contributed by atoms with van der Waals surface area (Å²) >= 11 is 0. The van der Waals surface area contributed by atoms with Crippen molar-refractivity contribution in [2.45, 2.75) is 38.8 Å². The van der Waals surface area contributed by atoms with Crippen LogP contribution in [-0.4, -0.2) is 53.0 Å². The first-order chi connectivity index (χ1) is 12.7. The van der Waals surface area contributed by atoms with E-state index >= 15 is 0 Å². The first-order valence-electron chi connectivity index (χ1n) is 9.58. The number of amides is 2. The number of rotatable bonds is 3. The molecule has 1 aromatic carbocycles. The smallest absolute Gasteiger partial charge is 0.226 e. The van der Waals surface area contributed by atoms with Crippen molar-refractivity contribution in [3.05, 3.63) is 29.3 Å². The minimum Gasteiger partial charge on any atom is -0.491 e. The Labute approximate surface area is 153 Å². The van der Waals surface area contributed by atoms with Gasteiger partial charge in [-0.3, -0.25) is 9.59 Å². The number of benzene rings is 1. The minimum atomic E-state index is -0.0191. The van der Waals surface area contributed by atoms with Crippen molar-refractivity contribution < 1.29 is 19.4 Å². The molecule has 0 spiro atoms. The van der Waals surface area contributed by atoms with Crippen molar-refractivity contribution in [3.63, 3.8) is 0 Å². The second-order valence-electron chi connectivity index (χ2n) is 7.58. The summed E-state index contributed by atoms with van der Waals surface area (Å²) in [4.78, 5) is 29.0. The molecular weight excluding hydrogens is 332 g/mol. The van der Waals surface area contributed by atoms with Crippen LogP contribution in [-0.2, 0) is 22.7 Å². The van der Waals surface area contributed by atoms with Crippen LogP contribution in [0, 0.1) is 11.8 Å². The van der Waals surface area contributed by atoms with Crippen LogP contribution < -0.4 is 4.74 Å². The molecule has 1 saturated carbocycles. The zero-order valence-electron chi connectivity index (χ0n) is 15.0. The number of aliphatic hydroxyl groups is 1. The lowest BCUT2D eigenvalue weighted by molar-refractivity contribution is -0.141. The molecule has 0 aromatic heterocycles. The maximum Gasteiger partial charge on any atom is 0.226 e. The van der Waals surface area contributed by atoms with E-state index in [0.29, 0.717) is 32.8 Å². The van der Waals surface area contributed by atoms with E-state index in [0.717, 1.165) is 42.6 Å². The van der Waals surface area contributed by atoms with Crippen LogP contribution in [0.4, 0.5) is 0 Å². The molecule has 6 nitrogen and oxygen atoms in total. The van der Waals surface area contributed by atoms with Crippen LogP contribution in [0.25, 0.3) is 0 Å². The molecule has 0 bridgehead atoms. The number of carbonyl (C=O) groups is 2. The van der Waals surface area contributed by atoms with E-state index in [1.54, 1.807) is 0 Å². The molecule has 2 amide bonds. The number of ether oxygens (including phenoxy) is 1. The summed E-state index contributed by atoms with van der Waals surface area (Å²) in [5, 5.41) is 9.35. The number of aliphatic hydroxyl groups excluding tert-OH is 1. The third-order valence-corrected chi connectivity index (χ3v) is 5.68. The standard InChI is InChI=1S/C20H26N2O4/c23-13-14-1-4-18-17(11-14)12-22(9-10-26-18)20(25)16-5-7-21(8-6-16)19(24)15-2-3-15/h1,4,11,15-16,23H,2-3,5-10,12-13H2. The summed E-state index contributed by atoms with van der Waals surface area (Å²) < 4.78 is 5.77. The summed E-state index contributed by atoms with van der Waals surface area (Å²) in [6.07, 6.45) is 3.55. The normalized spacial score (nSPS) is 21.0. The van der Waals surface area contributed by atoms with Gasteiger partial charge in [-0.15, -0.1) is 0 Å². The Kier molecular flexibility index (Phi) is 4.85. The predicted molar refractivity (Wildman–Crippen MR) is 95.3 cm³/mol. The number of nitrogens with zero attached hydrogens (tertiary/aromatic N) is 2. The van der Waals surface area contributed by atoms with Crippen LogP contribution in [0.5, 0.6) is 5.75 Å². The first kappa shape index (κ1) is 17.3. The Hall–Kier alpha value is -2.08. The fraction of sp³-hybridized carbons (Fsp3) is 0.600. The van der Waals surface area contributed by atoms with Gasteiger partial charge in [0.15, 0.2) is 0 Å².